The Bertz CT molecular complexity index is 557. The second kappa shape index (κ2) is 5.37. The molecular weight excluding hydrogens is 330 g/mol. The van der Waals surface area contributed by atoms with E-state index in [2.05, 4.69) is 21.2 Å². The summed E-state index contributed by atoms with van der Waals surface area (Å²) in [6.07, 6.45) is 0. The molecule has 7 heteroatoms. The molecule has 0 bridgehead atoms. The number of carbonyl (C=O) groups excluding carboxylic acids is 1. The maximum Gasteiger partial charge on any atom is 0.261 e. The van der Waals surface area contributed by atoms with Crippen LogP contribution in [-0.4, -0.2) is 20.9 Å². The third-order valence-corrected chi connectivity index (χ3v) is 4.43. The number of carbonyl (C=O) groups is 1. The Labute approximate surface area is 113 Å². The maximum absolute atomic E-state index is 11.6. The van der Waals surface area contributed by atoms with Crippen LogP contribution >= 0.6 is 26.6 Å². The summed E-state index contributed by atoms with van der Waals surface area (Å²) in [6, 6.07) is 2.83. The standard InChI is InChI=1S/C10H11BrClNO3S/c1-3-13-10(14)7-4-8(11)6(2)9(5-7)17(12,15)16/h4-5H,3H2,1-2H3,(H,13,14). The summed E-state index contributed by atoms with van der Waals surface area (Å²) in [5.41, 5.74) is 0.733. The number of hydrogen-bond donors (Lipinski definition) is 1. The van der Waals surface area contributed by atoms with Crippen molar-refractivity contribution in [2.24, 2.45) is 0 Å². The zero-order valence-electron chi connectivity index (χ0n) is 9.25. The largest absolute Gasteiger partial charge is 0.352 e. The predicted molar refractivity (Wildman–Crippen MR) is 69.9 cm³/mol. The number of halogens is 2. The quantitative estimate of drug-likeness (QED) is 0.860. The van der Waals surface area contributed by atoms with Gasteiger partial charge in [-0.3, -0.25) is 4.79 Å². The molecule has 94 valence electrons. The van der Waals surface area contributed by atoms with Crippen LogP contribution in [0.3, 0.4) is 0 Å². The Kier molecular flexibility index (Phi) is 4.57. The lowest BCUT2D eigenvalue weighted by molar-refractivity contribution is 0.0955. The monoisotopic (exact) mass is 339 g/mol. The van der Waals surface area contributed by atoms with E-state index in [9.17, 15) is 13.2 Å². The highest BCUT2D eigenvalue weighted by Gasteiger charge is 2.18. The molecule has 0 fully saturated rings. The molecule has 0 spiro atoms. The number of hydrogen-bond acceptors (Lipinski definition) is 3. The molecule has 1 amide bonds. The molecule has 0 aliphatic carbocycles. The Hall–Kier alpha value is -0.590. The van der Waals surface area contributed by atoms with Crippen LogP contribution in [0.1, 0.15) is 22.8 Å². The highest BCUT2D eigenvalue weighted by atomic mass is 79.9. The van der Waals surface area contributed by atoms with E-state index < -0.39 is 9.05 Å². The summed E-state index contributed by atoms with van der Waals surface area (Å²) in [5, 5.41) is 2.59. The molecule has 0 aliphatic heterocycles. The first-order valence-electron chi connectivity index (χ1n) is 4.80. The van der Waals surface area contributed by atoms with Crippen LogP contribution < -0.4 is 5.32 Å². The van der Waals surface area contributed by atoms with Crippen molar-refractivity contribution in [3.05, 3.63) is 27.7 Å². The smallest absolute Gasteiger partial charge is 0.261 e. The molecule has 0 aliphatic rings. The van der Waals surface area contributed by atoms with Gasteiger partial charge in [0.1, 0.15) is 0 Å². The van der Waals surface area contributed by atoms with Crippen molar-refractivity contribution in [1.29, 1.82) is 0 Å². The van der Waals surface area contributed by atoms with Gasteiger partial charge in [-0.15, -0.1) is 0 Å². The highest BCUT2D eigenvalue weighted by Crippen LogP contribution is 2.28. The molecule has 0 unspecified atom stereocenters. The summed E-state index contributed by atoms with van der Waals surface area (Å²) in [4.78, 5) is 11.6. The van der Waals surface area contributed by atoms with E-state index in [4.69, 9.17) is 10.7 Å². The molecule has 1 aromatic rings. The van der Waals surface area contributed by atoms with Gasteiger partial charge < -0.3 is 5.32 Å². The fraction of sp³-hybridized carbons (Fsp3) is 0.300. The highest BCUT2D eigenvalue weighted by molar-refractivity contribution is 9.10. The van der Waals surface area contributed by atoms with Crippen LogP contribution in [0.25, 0.3) is 0 Å². The van der Waals surface area contributed by atoms with Crippen LogP contribution in [0.15, 0.2) is 21.5 Å². The van der Waals surface area contributed by atoms with E-state index in [1.807, 2.05) is 0 Å². The van der Waals surface area contributed by atoms with Crippen LogP contribution in [0.2, 0.25) is 0 Å². The zero-order chi connectivity index (χ0) is 13.2. The predicted octanol–water partition coefficient (Wildman–Crippen LogP) is 2.43. The molecule has 0 saturated heterocycles. The Morgan fingerprint density at radius 1 is 1.47 bits per heavy atom. The van der Waals surface area contributed by atoms with Crippen molar-refractivity contribution >= 4 is 41.6 Å². The van der Waals surface area contributed by atoms with Crippen LogP contribution in [0, 0.1) is 6.92 Å². The second-order valence-corrected chi connectivity index (χ2v) is 6.77. The Morgan fingerprint density at radius 2 is 2.06 bits per heavy atom. The van der Waals surface area contributed by atoms with Crippen molar-refractivity contribution in [2.75, 3.05) is 6.54 Å². The number of rotatable bonds is 3. The normalized spacial score (nSPS) is 11.3. The van der Waals surface area contributed by atoms with E-state index in [1.54, 1.807) is 19.9 Å². The van der Waals surface area contributed by atoms with Gasteiger partial charge in [-0.05, 0) is 31.5 Å². The maximum atomic E-state index is 11.6. The van der Waals surface area contributed by atoms with Crippen LogP contribution in [0.4, 0.5) is 0 Å². The summed E-state index contributed by atoms with van der Waals surface area (Å²) < 4.78 is 23.2. The van der Waals surface area contributed by atoms with Crippen molar-refractivity contribution in [3.8, 4) is 0 Å². The Morgan fingerprint density at radius 3 is 2.53 bits per heavy atom. The van der Waals surface area contributed by atoms with E-state index >= 15 is 0 Å². The average Bonchev–Trinajstić information content (AvgIpc) is 2.20. The topological polar surface area (TPSA) is 63.2 Å². The molecule has 1 N–H and O–H groups in total. The minimum atomic E-state index is -3.86. The lowest BCUT2D eigenvalue weighted by atomic mass is 10.1. The lowest BCUT2D eigenvalue weighted by Gasteiger charge is -2.08. The van der Waals surface area contributed by atoms with Crippen molar-refractivity contribution in [1.82, 2.24) is 5.32 Å². The van der Waals surface area contributed by atoms with E-state index in [0.717, 1.165) is 0 Å². The molecule has 1 aromatic carbocycles. The molecule has 0 radical (unpaired) electrons. The summed E-state index contributed by atoms with van der Waals surface area (Å²) in [6.45, 7) is 3.86. The van der Waals surface area contributed by atoms with Gasteiger partial charge in [0.2, 0.25) is 0 Å². The molecule has 0 saturated carbocycles. The third kappa shape index (κ3) is 3.43. The molecule has 4 nitrogen and oxygen atoms in total. The van der Waals surface area contributed by atoms with Crippen molar-refractivity contribution in [3.63, 3.8) is 0 Å². The summed E-state index contributed by atoms with van der Waals surface area (Å²) >= 11 is 3.21. The van der Waals surface area contributed by atoms with Gasteiger partial charge in [0.15, 0.2) is 0 Å². The summed E-state index contributed by atoms with van der Waals surface area (Å²) in [7, 11) is 1.44. The first kappa shape index (κ1) is 14.5. The average molecular weight is 341 g/mol. The number of amides is 1. The second-order valence-electron chi connectivity index (χ2n) is 3.38. The van der Waals surface area contributed by atoms with Crippen molar-refractivity contribution in [2.45, 2.75) is 18.7 Å². The molecule has 0 aromatic heterocycles. The Balaban J connectivity index is 3.39. The molecular formula is C10H11BrClNO3S. The van der Waals surface area contributed by atoms with Gasteiger partial charge in [0.25, 0.3) is 15.0 Å². The summed E-state index contributed by atoms with van der Waals surface area (Å²) in [5.74, 6) is -0.338. The van der Waals surface area contributed by atoms with Crippen LogP contribution in [0.5, 0.6) is 0 Å². The third-order valence-electron chi connectivity index (χ3n) is 2.16. The molecule has 17 heavy (non-hydrogen) atoms. The zero-order valence-corrected chi connectivity index (χ0v) is 12.4. The van der Waals surface area contributed by atoms with E-state index in [-0.39, 0.29) is 16.4 Å². The van der Waals surface area contributed by atoms with Gasteiger partial charge in [-0.1, -0.05) is 15.9 Å². The number of nitrogens with one attached hydrogen (secondary N) is 1. The fourth-order valence-electron chi connectivity index (χ4n) is 1.30. The molecule has 0 heterocycles. The fourth-order valence-corrected chi connectivity index (χ4v) is 3.12. The minimum Gasteiger partial charge on any atom is -0.352 e. The molecule has 1 rings (SSSR count). The van der Waals surface area contributed by atoms with Gasteiger partial charge >= 0.3 is 0 Å². The number of benzene rings is 1. The van der Waals surface area contributed by atoms with Gasteiger partial charge in [-0.2, -0.15) is 0 Å². The van der Waals surface area contributed by atoms with Crippen molar-refractivity contribution < 1.29 is 13.2 Å². The van der Waals surface area contributed by atoms with Gasteiger partial charge in [0.05, 0.1) is 4.90 Å². The van der Waals surface area contributed by atoms with E-state index in [1.165, 1.54) is 6.07 Å². The first-order chi connectivity index (χ1) is 7.77. The van der Waals surface area contributed by atoms with Crippen LogP contribution in [-0.2, 0) is 9.05 Å². The lowest BCUT2D eigenvalue weighted by Crippen LogP contribution is -2.23. The molecule has 0 atom stereocenters. The van der Waals surface area contributed by atoms with Gasteiger partial charge in [-0.25, -0.2) is 8.42 Å². The van der Waals surface area contributed by atoms with Gasteiger partial charge in [0, 0.05) is 27.3 Å². The van der Waals surface area contributed by atoms with E-state index in [0.29, 0.717) is 16.6 Å². The first-order valence-corrected chi connectivity index (χ1v) is 7.90. The SMILES string of the molecule is CCNC(=O)c1cc(Br)c(C)c(S(=O)(=O)Cl)c1. The minimum absolute atomic E-state index is 0.0604.